The van der Waals surface area contributed by atoms with Gasteiger partial charge in [0, 0.05) is 25.6 Å². The van der Waals surface area contributed by atoms with Crippen LogP contribution < -0.4 is 4.90 Å². The van der Waals surface area contributed by atoms with Crippen molar-refractivity contribution in [2.45, 2.75) is 19.5 Å². The van der Waals surface area contributed by atoms with E-state index in [9.17, 15) is 18.0 Å². The lowest BCUT2D eigenvalue weighted by Crippen LogP contribution is -2.26. The number of anilines is 1. The summed E-state index contributed by atoms with van der Waals surface area (Å²) >= 11 is 0. The molecule has 0 spiro atoms. The van der Waals surface area contributed by atoms with Crippen LogP contribution in [0, 0.1) is 24.7 Å². The lowest BCUT2D eigenvalue weighted by molar-refractivity contribution is -0.142. The molecule has 1 aromatic rings. The molecule has 5 nitrogen and oxygen atoms in total. The van der Waals surface area contributed by atoms with E-state index >= 15 is 0 Å². The average molecular weight is 315 g/mol. The summed E-state index contributed by atoms with van der Waals surface area (Å²) < 4.78 is 43.1. The highest BCUT2D eigenvalue weighted by molar-refractivity contribution is 5.70. The zero-order valence-corrected chi connectivity index (χ0v) is 12.2. The Morgan fingerprint density at radius 2 is 2.00 bits per heavy atom. The van der Waals surface area contributed by atoms with E-state index in [2.05, 4.69) is 14.7 Å². The Morgan fingerprint density at radius 3 is 2.55 bits per heavy atom. The van der Waals surface area contributed by atoms with Crippen molar-refractivity contribution in [3.05, 3.63) is 17.6 Å². The molecule has 1 saturated carbocycles. The highest BCUT2D eigenvalue weighted by Gasteiger charge is 2.56. The van der Waals surface area contributed by atoms with Gasteiger partial charge in [-0.05, 0) is 24.7 Å². The number of carbonyl (C=O) groups excluding carboxylic acids is 1. The Hall–Kier alpha value is -1.86. The summed E-state index contributed by atoms with van der Waals surface area (Å²) in [7, 11) is 1.36. The lowest BCUT2D eigenvalue weighted by atomic mass is 10.2. The molecule has 120 valence electrons. The van der Waals surface area contributed by atoms with E-state index in [-0.39, 0.29) is 17.7 Å². The van der Waals surface area contributed by atoms with Crippen molar-refractivity contribution >= 4 is 11.8 Å². The number of ether oxygens (including phenoxy) is 1. The number of hydrogen-bond donors (Lipinski definition) is 0. The molecule has 8 heteroatoms. The van der Waals surface area contributed by atoms with Crippen LogP contribution in [0.1, 0.15) is 17.9 Å². The monoisotopic (exact) mass is 315 g/mol. The second-order valence-electron chi connectivity index (χ2n) is 5.83. The van der Waals surface area contributed by atoms with Gasteiger partial charge in [-0.2, -0.15) is 13.2 Å². The molecule has 1 aromatic heterocycles. The van der Waals surface area contributed by atoms with Gasteiger partial charge in [0.15, 0.2) is 0 Å². The summed E-state index contributed by atoms with van der Waals surface area (Å²) in [5.41, 5.74) is -0.915. The fourth-order valence-electron chi connectivity index (χ4n) is 3.27. The lowest BCUT2D eigenvalue weighted by Gasteiger charge is -2.21. The van der Waals surface area contributed by atoms with Crippen molar-refractivity contribution in [1.82, 2.24) is 9.97 Å². The number of halogens is 3. The molecule has 0 aromatic carbocycles. The number of piperidine rings is 1. The van der Waals surface area contributed by atoms with Crippen molar-refractivity contribution in [3.63, 3.8) is 0 Å². The fourth-order valence-corrected chi connectivity index (χ4v) is 3.27. The Morgan fingerprint density at radius 1 is 1.36 bits per heavy atom. The number of esters is 1. The third-order valence-electron chi connectivity index (χ3n) is 4.44. The van der Waals surface area contributed by atoms with Crippen LogP contribution >= 0.6 is 0 Å². The molecule has 1 unspecified atom stereocenters. The van der Waals surface area contributed by atoms with Crippen LogP contribution in [0.2, 0.25) is 0 Å². The summed E-state index contributed by atoms with van der Waals surface area (Å²) in [5, 5.41) is 0. The zero-order chi connectivity index (χ0) is 16.1. The SMILES string of the molecule is COC(=O)CC1[C@H]2CN(c3cc(C(F)(F)F)nc(C)n3)C[C@@H]12. The van der Waals surface area contributed by atoms with Gasteiger partial charge in [0.1, 0.15) is 17.3 Å². The maximum absolute atomic E-state index is 12.8. The minimum absolute atomic E-state index is 0.108. The van der Waals surface area contributed by atoms with Crippen molar-refractivity contribution in [2.75, 3.05) is 25.1 Å². The predicted octanol–water partition coefficient (Wildman–Crippen LogP) is 2.05. The van der Waals surface area contributed by atoms with E-state index in [1.165, 1.54) is 14.0 Å². The maximum atomic E-state index is 12.8. The van der Waals surface area contributed by atoms with E-state index in [1.54, 1.807) is 0 Å². The van der Waals surface area contributed by atoms with Gasteiger partial charge in [-0.3, -0.25) is 4.79 Å². The van der Waals surface area contributed by atoms with Crippen LogP contribution in [0.25, 0.3) is 0 Å². The number of fused-ring (bicyclic) bond motifs is 1. The normalized spacial score (nSPS) is 26.8. The zero-order valence-electron chi connectivity index (χ0n) is 12.2. The molecule has 3 atom stereocenters. The molecule has 2 fully saturated rings. The minimum atomic E-state index is -4.47. The first-order chi connectivity index (χ1) is 10.3. The van der Waals surface area contributed by atoms with Gasteiger partial charge in [0.25, 0.3) is 0 Å². The summed E-state index contributed by atoms with van der Waals surface area (Å²) in [4.78, 5) is 20.7. The van der Waals surface area contributed by atoms with Crippen LogP contribution in [0.5, 0.6) is 0 Å². The van der Waals surface area contributed by atoms with Gasteiger partial charge in [0.2, 0.25) is 0 Å². The number of methoxy groups -OCH3 is 1. The summed E-state index contributed by atoms with van der Waals surface area (Å²) in [6, 6.07) is 0.993. The molecule has 0 amide bonds. The third kappa shape index (κ3) is 2.74. The van der Waals surface area contributed by atoms with Crippen molar-refractivity contribution in [2.24, 2.45) is 17.8 Å². The number of aromatic nitrogens is 2. The van der Waals surface area contributed by atoms with Gasteiger partial charge >= 0.3 is 12.1 Å². The molecule has 2 heterocycles. The van der Waals surface area contributed by atoms with E-state index in [4.69, 9.17) is 0 Å². The molecular formula is C14H16F3N3O2. The number of hydrogen-bond acceptors (Lipinski definition) is 5. The van der Waals surface area contributed by atoms with Crippen LogP contribution in [0.3, 0.4) is 0 Å². The van der Waals surface area contributed by atoms with Gasteiger partial charge in [-0.15, -0.1) is 0 Å². The first-order valence-electron chi connectivity index (χ1n) is 7.04. The molecule has 0 radical (unpaired) electrons. The second kappa shape index (κ2) is 5.10. The fraction of sp³-hybridized carbons (Fsp3) is 0.643. The second-order valence-corrected chi connectivity index (χ2v) is 5.83. The number of alkyl halides is 3. The predicted molar refractivity (Wildman–Crippen MR) is 71.1 cm³/mol. The number of rotatable bonds is 3. The Bertz CT molecular complexity index is 593. The molecule has 0 bridgehead atoms. The van der Waals surface area contributed by atoms with Crippen molar-refractivity contribution in [1.29, 1.82) is 0 Å². The quantitative estimate of drug-likeness (QED) is 0.799. The topological polar surface area (TPSA) is 55.3 Å². The average Bonchev–Trinajstić information content (AvgIpc) is 2.89. The molecule has 0 N–H and O–H groups in total. The molecular weight excluding hydrogens is 299 g/mol. The van der Waals surface area contributed by atoms with Gasteiger partial charge < -0.3 is 9.64 Å². The Labute approximate surface area is 125 Å². The first kappa shape index (κ1) is 15.1. The number of nitrogens with zero attached hydrogens (tertiary/aromatic N) is 3. The largest absolute Gasteiger partial charge is 0.469 e. The first-order valence-corrected chi connectivity index (χ1v) is 7.04. The van der Waals surface area contributed by atoms with Gasteiger partial charge in [-0.25, -0.2) is 9.97 Å². The third-order valence-corrected chi connectivity index (χ3v) is 4.44. The van der Waals surface area contributed by atoms with Gasteiger partial charge in [-0.1, -0.05) is 0 Å². The van der Waals surface area contributed by atoms with Crippen molar-refractivity contribution in [3.8, 4) is 0 Å². The van der Waals surface area contributed by atoms with Gasteiger partial charge in [0.05, 0.1) is 7.11 Å². The van der Waals surface area contributed by atoms with E-state index in [0.29, 0.717) is 37.2 Å². The summed E-state index contributed by atoms with van der Waals surface area (Å²) in [5.74, 6) is 1.14. The maximum Gasteiger partial charge on any atom is 0.433 e. The van der Waals surface area contributed by atoms with Crippen LogP contribution in [0.4, 0.5) is 19.0 Å². The highest BCUT2D eigenvalue weighted by Crippen LogP contribution is 2.54. The molecule has 22 heavy (non-hydrogen) atoms. The molecule has 1 aliphatic carbocycles. The number of aryl methyl sites for hydroxylation is 1. The molecule has 3 rings (SSSR count). The van der Waals surface area contributed by atoms with E-state index in [0.717, 1.165) is 6.07 Å². The van der Waals surface area contributed by atoms with Crippen molar-refractivity contribution < 1.29 is 22.7 Å². The smallest absolute Gasteiger partial charge is 0.433 e. The van der Waals surface area contributed by atoms with Crippen LogP contribution in [0.15, 0.2) is 6.07 Å². The minimum Gasteiger partial charge on any atom is -0.469 e. The molecule has 1 saturated heterocycles. The molecule has 1 aliphatic heterocycles. The standard InChI is InChI=1S/C14H16F3N3O2/c1-7-18-11(14(15,16)17)4-12(19-7)20-5-9-8(10(9)6-20)3-13(21)22-2/h4,8-10H,3,5-6H2,1-2H3/t8?,9-,10+. The van der Waals surface area contributed by atoms with E-state index < -0.39 is 11.9 Å². The Balaban J connectivity index is 1.69. The van der Waals surface area contributed by atoms with E-state index in [1.807, 2.05) is 4.90 Å². The van der Waals surface area contributed by atoms with Crippen LogP contribution in [-0.2, 0) is 15.7 Å². The Kier molecular flexibility index (Phi) is 3.49. The number of carbonyl (C=O) groups is 1. The molecule has 2 aliphatic rings. The summed E-state index contributed by atoms with van der Waals surface area (Å²) in [6.45, 7) is 2.70. The highest BCUT2D eigenvalue weighted by atomic mass is 19.4. The van der Waals surface area contributed by atoms with Crippen LogP contribution in [-0.4, -0.2) is 36.1 Å². The summed E-state index contributed by atoms with van der Waals surface area (Å²) in [6.07, 6.45) is -4.09.